The van der Waals surface area contributed by atoms with Crippen LogP contribution in [0.15, 0.2) is 70.6 Å². The number of likely N-dealkylation sites (tertiary alicyclic amines) is 1. The van der Waals surface area contributed by atoms with Gasteiger partial charge in [0.1, 0.15) is 5.76 Å². The SMILES string of the molecule is CCCN1C(=O)CCC2(CC)C3=CC4=C(C=CC(O)=CC4=CC=C3)C12. The van der Waals surface area contributed by atoms with Gasteiger partial charge in [-0.05, 0) is 53.7 Å². The first kappa shape index (κ1) is 16.2. The van der Waals surface area contributed by atoms with Crippen molar-refractivity contribution in [2.45, 2.75) is 45.6 Å². The highest BCUT2D eigenvalue weighted by molar-refractivity contribution is 5.80. The molecule has 2 atom stereocenters. The van der Waals surface area contributed by atoms with Gasteiger partial charge >= 0.3 is 0 Å². The van der Waals surface area contributed by atoms with Crippen LogP contribution in [0.5, 0.6) is 0 Å². The molecule has 3 nitrogen and oxygen atoms in total. The van der Waals surface area contributed by atoms with E-state index in [1.54, 1.807) is 6.08 Å². The largest absolute Gasteiger partial charge is 0.508 e. The van der Waals surface area contributed by atoms with Crippen LogP contribution in [-0.2, 0) is 4.79 Å². The van der Waals surface area contributed by atoms with Gasteiger partial charge < -0.3 is 10.0 Å². The number of nitrogens with zero attached hydrogens (tertiary/aromatic N) is 1. The summed E-state index contributed by atoms with van der Waals surface area (Å²) in [5.74, 6) is 0.518. The molecule has 1 amide bonds. The highest BCUT2D eigenvalue weighted by Crippen LogP contribution is 2.54. The van der Waals surface area contributed by atoms with Crippen LogP contribution < -0.4 is 0 Å². The molecule has 2 bridgehead atoms. The van der Waals surface area contributed by atoms with E-state index in [1.165, 1.54) is 11.1 Å². The number of hydrogen-bond acceptors (Lipinski definition) is 2. The Labute approximate surface area is 149 Å². The van der Waals surface area contributed by atoms with Crippen molar-refractivity contribution < 1.29 is 9.90 Å². The molecule has 3 heteroatoms. The molecule has 130 valence electrons. The van der Waals surface area contributed by atoms with E-state index in [1.807, 2.05) is 12.2 Å². The molecule has 0 aromatic carbocycles. The van der Waals surface area contributed by atoms with Gasteiger partial charge in [-0.15, -0.1) is 0 Å². The Morgan fingerprint density at radius 3 is 2.84 bits per heavy atom. The average Bonchev–Trinajstić information content (AvgIpc) is 2.88. The van der Waals surface area contributed by atoms with Crippen molar-refractivity contribution in [3.63, 3.8) is 0 Å². The van der Waals surface area contributed by atoms with E-state index in [-0.39, 0.29) is 23.1 Å². The second-order valence-corrected chi connectivity index (χ2v) is 7.35. The van der Waals surface area contributed by atoms with Crippen molar-refractivity contribution in [1.82, 2.24) is 4.90 Å². The Kier molecular flexibility index (Phi) is 3.82. The van der Waals surface area contributed by atoms with Crippen LogP contribution in [0.1, 0.15) is 39.5 Å². The number of carbonyl (C=O) groups excluding carboxylic acids is 1. The molecule has 1 saturated heterocycles. The third-order valence-corrected chi connectivity index (χ3v) is 6.12. The van der Waals surface area contributed by atoms with Crippen LogP contribution in [0.4, 0.5) is 0 Å². The summed E-state index contributed by atoms with van der Waals surface area (Å²) in [6, 6.07) is 0.0513. The first-order chi connectivity index (χ1) is 12.1. The summed E-state index contributed by atoms with van der Waals surface area (Å²) in [6.07, 6.45) is 17.7. The topological polar surface area (TPSA) is 40.5 Å². The Morgan fingerprint density at radius 2 is 2.08 bits per heavy atom. The highest BCUT2D eigenvalue weighted by Gasteiger charge is 2.51. The van der Waals surface area contributed by atoms with Gasteiger partial charge in [0.05, 0.1) is 6.04 Å². The Balaban J connectivity index is 1.97. The van der Waals surface area contributed by atoms with E-state index in [9.17, 15) is 9.90 Å². The monoisotopic (exact) mass is 335 g/mol. The molecule has 4 aliphatic rings. The van der Waals surface area contributed by atoms with Crippen LogP contribution >= 0.6 is 0 Å². The van der Waals surface area contributed by atoms with Crippen molar-refractivity contribution in [3.8, 4) is 0 Å². The lowest BCUT2D eigenvalue weighted by Crippen LogP contribution is -2.57. The fourth-order valence-corrected chi connectivity index (χ4v) is 4.92. The minimum atomic E-state index is -0.0357. The zero-order valence-corrected chi connectivity index (χ0v) is 15.0. The zero-order valence-electron chi connectivity index (χ0n) is 15.0. The van der Waals surface area contributed by atoms with E-state index in [0.717, 1.165) is 37.0 Å². The summed E-state index contributed by atoms with van der Waals surface area (Å²) < 4.78 is 0. The lowest BCUT2D eigenvalue weighted by molar-refractivity contribution is -0.140. The summed E-state index contributed by atoms with van der Waals surface area (Å²) in [5, 5.41) is 10.2. The number of aliphatic hydroxyl groups excluding tert-OH is 1. The first-order valence-electron chi connectivity index (χ1n) is 9.34. The van der Waals surface area contributed by atoms with Gasteiger partial charge in [-0.2, -0.15) is 0 Å². The van der Waals surface area contributed by atoms with Gasteiger partial charge in [0, 0.05) is 18.4 Å². The van der Waals surface area contributed by atoms with Gasteiger partial charge in [-0.25, -0.2) is 0 Å². The number of aliphatic hydroxyl groups is 1. The highest BCUT2D eigenvalue weighted by atomic mass is 16.3. The fraction of sp³-hybridized carbons (Fsp3) is 0.409. The quantitative estimate of drug-likeness (QED) is 0.823. The fourth-order valence-electron chi connectivity index (χ4n) is 4.92. The van der Waals surface area contributed by atoms with Gasteiger partial charge in [0.25, 0.3) is 0 Å². The van der Waals surface area contributed by atoms with Crippen molar-refractivity contribution in [1.29, 1.82) is 0 Å². The molecule has 0 spiro atoms. The first-order valence-corrected chi connectivity index (χ1v) is 9.34. The summed E-state index contributed by atoms with van der Waals surface area (Å²) >= 11 is 0. The third-order valence-electron chi connectivity index (χ3n) is 6.12. The summed E-state index contributed by atoms with van der Waals surface area (Å²) in [6.45, 7) is 5.15. The van der Waals surface area contributed by atoms with Crippen molar-refractivity contribution in [2.24, 2.45) is 5.41 Å². The van der Waals surface area contributed by atoms with Crippen LogP contribution in [-0.4, -0.2) is 28.5 Å². The van der Waals surface area contributed by atoms with Crippen LogP contribution in [0.25, 0.3) is 0 Å². The molecule has 1 fully saturated rings. The summed E-state index contributed by atoms with van der Waals surface area (Å²) in [4.78, 5) is 14.9. The minimum Gasteiger partial charge on any atom is -0.508 e. The lowest BCUT2D eigenvalue weighted by Gasteiger charge is -2.53. The third kappa shape index (κ3) is 2.29. The van der Waals surface area contributed by atoms with Gasteiger partial charge in [0.15, 0.2) is 0 Å². The van der Waals surface area contributed by atoms with Crippen molar-refractivity contribution in [3.05, 3.63) is 70.6 Å². The van der Waals surface area contributed by atoms with E-state index < -0.39 is 0 Å². The molecule has 1 heterocycles. The number of fused-ring (bicyclic) bond motifs is 3. The molecule has 25 heavy (non-hydrogen) atoms. The van der Waals surface area contributed by atoms with Gasteiger partial charge in [-0.1, -0.05) is 44.2 Å². The number of hydrogen-bond donors (Lipinski definition) is 1. The molecule has 0 radical (unpaired) electrons. The summed E-state index contributed by atoms with van der Waals surface area (Å²) in [5.41, 5.74) is 4.61. The van der Waals surface area contributed by atoms with Crippen LogP contribution in [0, 0.1) is 5.41 Å². The molecule has 4 rings (SSSR count). The Bertz CT molecular complexity index is 806. The Morgan fingerprint density at radius 1 is 1.24 bits per heavy atom. The number of carbonyl (C=O) groups is 1. The number of piperidine rings is 1. The second kappa shape index (κ2) is 5.91. The average molecular weight is 335 g/mol. The van der Waals surface area contributed by atoms with E-state index in [4.69, 9.17) is 0 Å². The van der Waals surface area contributed by atoms with E-state index >= 15 is 0 Å². The van der Waals surface area contributed by atoms with Gasteiger partial charge in [0.2, 0.25) is 5.91 Å². The molecule has 1 N–H and O–H groups in total. The molecule has 0 aromatic heterocycles. The zero-order chi connectivity index (χ0) is 17.6. The molecule has 1 aliphatic heterocycles. The molecule has 2 unspecified atom stereocenters. The number of rotatable bonds is 3. The molecular weight excluding hydrogens is 310 g/mol. The molecule has 3 aliphatic carbocycles. The normalized spacial score (nSPS) is 30.3. The standard InChI is InChI=1S/C22H25NO2/c1-3-12-23-20(25)10-11-22(4-2)16-7-5-6-15-13-17(24)8-9-18(21(22)23)19(15)14-16/h5-9,13-14,21,24H,3-4,10-12H2,1-2H3. The summed E-state index contributed by atoms with van der Waals surface area (Å²) in [7, 11) is 0. The number of allylic oxidation sites excluding steroid dienone is 8. The van der Waals surface area contributed by atoms with Crippen molar-refractivity contribution >= 4 is 5.91 Å². The number of amides is 1. The van der Waals surface area contributed by atoms with Crippen LogP contribution in [0.2, 0.25) is 0 Å². The Hall–Kier alpha value is -2.29. The van der Waals surface area contributed by atoms with Gasteiger partial charge in [-0.3, -0.25) is 4.79 Å². The predicted octanol–water partition coefficient (Wildman–Crippen LogP) is 4.53. The molecule has 0 saturated carbocycles. The minimum absolute atomic E-state index is 0.0357. The molecule has 0 aromatic rings. The van der Waals surface area contributed by atoms with E-state index in [2.05, 4.69) is 43.1 Å². The van der Waals surface area contributed by atoms with Crippen molar-refractivity contribution in [2.75, 3.05) is 6.54 Å². The second-order valence-electron chi connectivity index (χ2n) is 7.35. The van der Waals surface area contributed by atoms with Crippen LogP contribution in [0.3, 0.4) is 0 Å². The maximum atomic E-state index is 12.8. The maximum Gasteiger partial charge on any atom is 0.223 e. The molecular formula is C22H25NO2. The predicted molar refractivity (Wildman–Crippen MR) is 99.9 cm³/mol. The lowest BCUT2D eigenvalue weighted by atomic mass is 9.60. The maximum absolute atomic E-state index is 12.8. The van der Waals surface area contributed by atoms with E-state index in [0.29, 0.717) is 6.42 Å². The smallest absolute Gasteiger partial charge is 0.223 e.